The number of hydrogen-bond donors (Lipinski definition) is 1. The zero-order chi connectivity index (χ0) is 8.48. The zero-order valence-corrected chi connectivity index (χ0v) is 8.58. The molecule has 0 aromatic heterocycles. The van der Waals surface area contributed by atoms with Crippen LogP contribution >= 0.6 is 0 Å². The van der Waals surface area contributed by atoms with Gasteiger partial charge in [0.05, 0.1) is 4.90 Å². The molecule has 0 saturated carbocycles. The average molecular weight is 280 g/mol. The van der Waals surface area contributed by atoms with E-state index in [0.29, 0.717) is 0 Å². The van der Waals surface area contributed by atoms with Crippen LogP contribution in [-0.4, -0.2) is 13.0 Å². The summed E-state index contributed by atoms with van der Waals surface area (Å²) in [7, 11) is -4.02. The molecule has 0 unspecified atom stereocenters. The number of benzene rings is 1. The molecule has 3 nitrogen and oxygen atoms in total. The van der Waals surface area contributed by atoms with E-state index >= 15 is 0 Å². The Morgan fingerprint density at radius 1 is 1.17 bits per heavy atom. The van der Waals surface area contributed by atoms with Crippen LogP contribution in [0.15, 0.2) is 29.2 Å². The summed E-state index contributed by atoms with van der Waals surface area (Å²) in [6.07, 6.45) is 0. The Labute approximate surface area is 87.1 Å². The fourth-order valence-corrected chi connectivity index (χ4v) is 1.19. The van der Waals surface area contributed by atoms with Crippen molar-refractivity contribution in [2.75, 3.05) is 0 Å². The Balaban J connectivity index is 0.00000121. The van der Waals surface area contributed by atoms with Gasteiger partial charge in [-0.2, -0.15) is 8.42 Å². The van der Waals surface area contributed by atoms with E-state index in [9.17, 15) is 8.42 Å². The molecule has 0 amide bonds. The van der Waals surface area contributed by atoms with Crippen LogP contribution < -0.4 is 0 Å². The van der Waals surface area contributed by atoms with Crippen LogP contribution in [0.5, 0.6) is 0 Å². The molecule has 1 rings (SSSR count). The first kappa shape index (κ1) is 11.9. The van der Waals surface area contributed by atoms with Gasteiger partial charge in [-0.1, -0.05) is 17.7 Å². The molecule has 0 spiro atoms. The van der Waals surface area contributed by atoms with Crippen LogP contribution in [0.2, 0.25) is 0 Å². The summed E-state index contributed by atoms with van der Waals surface area (Å²) in [5, 5.41) is 0. The molecular weight excluding hydrogens is 272 g/mol. The predicted octanol–water partition coefficient (Wildman–Crippen LogP) is 1.24. The molecule has 71 valence electrons. The minimum Gasteiger partial charge on any atom is -0.282 e. The van der Waals surface area contributed by atoms with Crippen LogP contribution in [0.3, 0.4) is 0 Å². The number of rotatable bonds is 1. The zero-order valence-electron chi connectivity index (χ0n) is 6.28. The average Bonchev–Trinajstić information content (AvgIpc) is 1.86. The van der Waals surface area contributed by atoms with Gasteiger partial charge in [0.15, 0.2) is 0 Å². The maximum atomic E-state index is 10.5. The quantitative estimate of drug-likeness (QED) is 0.622. The monoisotopic (exact) mass is 279 g/mol. The standard InChI is InChI=1S/C7H8O3S.Ag/c1-6-2-4-7(5-3-6)11(8,9)10;/h2-5H,1H3,(H,8,9,10);. The van der Waals surface area contributed by atoms with Crippen LogP contribution in [0.25, 0.3) is 0 Å². The molecule has 0 aliphatic rings. The normalized spacial score (nSPS) is 10.5. The van der Waals surface area contributed by atoms with Crippen LogP contribution in [0.1, 0.15) is 5.56 Å². The van der Waals surface area contributed by atoms with Crippen LogP contribution in [-0.2, 0) is 32.5 Å². The second kappa shape index (κ2) is 4.20. The first-order valence-corrected chi connectivity index (χ1v) is 4.48. The Bertz CT molecular complexity index is 341. The summed E-state index contributed by atoms with van der Waals surface area (Å²) < 4.78 is 29.6. The molecule has 0 bridgehead atoms. The molecule has 0 saturated heterocycles. The Hall–Kier alpha value is -0.130. The van der Waals surface area contributed by atoms with Gasteiger partial charge in [-0.25, -0.2) is 0 Å². The molecule has 5 heteroatoms. The van der Waals surface area contributed by atoms with Crippen molar-refractivity contribution >= 4 is 10.1 Å². The van der Waals surface area contributed by atoms with Crippen molar-refractivity contribution in [3.63, 3.8) is 0 Å². The molecule has 1 N–H and O–H groups in total. The minimum atomic E-state index is -4.02. The Morgan fingerprint density at radius 2 is 1.58 bits per heavy atom. The fourth-order valence-electron chi connectivity index (χ4n) is 0.710. The minimum absolute atomic E-state index is 0. The largest absolute Gasteiger partial charge is 0.294 e. The summed E-state index contributed by atoms with van der Waals surface area (Å²) in [4.78, 5) is -0.0666. The van der Waals surface area contributed by atoms with Crippen molar-refractivity contribution < 1.29 is 35.4 Å². The summed E-state index contributed by atoms with van der Waals surface area (Å²) in [6, 6.07) is 5.99. The molecular formula is C7H8AgO3S. The molecule has 0 aliphatic carbocycles. The van der Waals surface area contributed by atoms with E-state index in [4.69, 9.17) is 4.55 Å². The first-order chi connectivity index (χ1) is 5.00. The van der Waals surface area contributed by atoms with E-state index in [1.807, 2.05) is 6.92 Å². The number of hydrogen-bond acceptors (Lipinski definition) is 2. The van der Waals surface area contributed by atoms with Gasteiger partial charge in [-0.3, -0.25) is 4.55 Å². The van der Waals surface area contributed by atoms with Gasteiger partial charge in [0.2, 0.25) is 0 Å². The third-order valence-electron chi connectivity index (χ3n) is 1.32. The van der Waals surface area contributed by atoms with E-state index in [0.717, 1.165) is 5.56 Å². The molecule has 12 heavy (non-hydrogen) atoms. The second-order valence-corrected chi connectivity index (χ2v) is 3.71. The Kier molecular flexibility index (Phi) is 4.16. The summed E-state index contributed by atoms with van der Waals surface area (Å²) in [5.74, 6) is 0. The molecule has 0 fully saturated rings. The molecule has 0 atom stereocenters. The van der Waals surface area contributed by atoms with Crippen LogP contribution in [0, 0.1) is 6.92 Å². The maximum Gasteiger partial charge on any atom is 0.294 e. The third-order valence-corrected chi connectivity index (χ3v) is 2.19. The van der Waals surface area contributed by atoms with Gasteiger partial charge in [0.25, 0.3) is 10.1 Å². The van der Waals surface area contributed by atoms with E-state index < -0.39 is 10.1 Å². The van der Waals surface area contributed by atoms with Crippen molar-refractivity contribution in [3.8, 4) is 0 Å². The summed E-state index contributed by atoms with van der Waals surface area (Å²) in [6.45, 7) is 1.84. The van der Waals surface area contributed by atoms with Crippen molar-refractivity contribution in [3.05, 3.63) is 29.8 Å². The molecule has 1 aromatic rings. The summed E-state index contributed by atoms with van der Waals surface area (Å²) >= 11 is 0. The first-order valence-electron chi connectivity index (χ1n) is 3.04. The fraction of sp³-hybridized carbons (Fsp3) is 0.143. The molecule has 0 aliphatic heterocycles. The van der Waals surface area contributed by atoms with Crippen molar-refractivity contribution in [2.24, 2.45) is 0 Å². The number of aryl methyl sites for hydroxylation is 1. The van der Waals surface area contributed by atoms with Crippen molar-refractivity contribution in [1.29, 1.82) is 0 Å². The second-order valence-electron chi connectivity index (χ2n) is 2.29. The molecule has 1 radical (unpaired) electrons. The van der Waals surface area contributed by atoms with E-state index in [1.54, 1.807) is 12.1 Å². The van der Waals surface area contributed by atoms with Gasteiger partial charge in [0, 0.05) is 22.4 Å². The van der Waals surface area contributed by atoms with Gasteiger partial charge in [-0.05, 0) is 19.1 Å². The maximum absolute atomic E-state index is 10.5. The third kappa shape index (κ3) is 3.08. The summed E-state index contributed by atoms with van der Waals surface area (Å²) in [5.41, 5.74) is 0.956. The van der Waals surface area contributed by atoms with Crippen molar-refractivity contribution in [2.45, 2.75) is 11.8 Å². The smallest absolute Gasteiger partial charge is 0.282 e. The SMILES string of the molecule is Cc1ccc(S(=O)(=O)O)cc1.[Ag]. The van der Waals surface area contributed by atoms with Crippen molar-refractivity contribution in [1.82, 2.24) is 0 Å². The van der Waals surface area contributed by atoms with E-state index in [1.165, 1.54) is 12.1 Å². The van der Waals surface area contributed by atoms with Gasteiger partial charge in [0.1, 0.15) is 0 Å². The topological polar surface area (TPSA) is 54.4 Å². The Morgan fingerprint density at radius 3 is 1.92 bits per heavy atom. The van der Waals surface area contributed by atoms with Gasteiger partial charge < -0.3 is 0 Å². The van der Waals surface area contributed by atoms with E-state index in [-0.39, 0.29) is 27.3 Å². The molecule has 0 heterocycles. The molecule has 1 aromatic carbocycles. The van der Waals surface area contributed by atoms with Gasteiger partial charge in [-0.15, -0.1) is 0 Å². The van der Waals surface area contributed by atoms with E-state index in [2.05, 4.69) is 0 Å². The van der Waals surface area contributed by atoms with Crippen LogP contribution in [0.4, 0.5) is 0 Å². The van der Waals surface area contributed by atoms with Gasteiger partial charge >= 0.3 is 0 Å². The predicted molar refractivity (Wildman–Crippen MR) is 41.0 cm³/mol.